The number of rotatable bonds is 6. The van der Waals surface area contributed by atoms with Gasteiger partial charge in [-0.1, -0.05) is 48.2 Å². The Hall–Kier alpha value is -2.95. The Morgan fingerprint density at radius 1 is 0.552 bits per heavy atom. The van der Waals surface area contributed by atoms with Gasteiger partial charge in [0.2, 0.25) is 0 Å². The quantitative estimate of drug-likeness (QED) is 0.351. The van der Waals surface area contributed by atoms with Crippen molar-refractivity contribution in [3.8, 4) is 0 Å². The fourth-order valence-corrected chi connectivity index (χ4v) is 4.77. The van der Waals surface area contributed by atoms with Crippen LogP contribution in [0.3, 0.4) is 0 Å². The zero-order valence-electron chi connectivity index (χ0n) is 15.5. The van der Waals surface area contributed by atoms with Crippen LogP contribution < -0.4 is 0 Å². The molecule has 0 aliphatic heterocycles. The van der Waals surface area contributed by atoms with Crippen molar-refractivity contribution in [2.45, 2.75) is 19.6 Å². The summed E-state index contributed by atoms with van der Waals surface area (Å²) in [7, 11) is -1.25. The summed E-state index contributed by atoms with van der Waals surface area (Å²) in [6.45, 7) is 0. The summed E-state index contributed by atoms with van der Waals surface area (Å²) in [5.41, 5.74) is 1.22. The average molecular weight is 415 g/mol. The Morgan fingerprint density at radius 2 is 1.00 bits per heavy atom. The summed E-state index contributed by atoms with van der Waals surface area (Å²) < 4.78 is 12.6. The van der Waals surface area contributed by atoms with Crippen molar-refractivity contribution >= 4 is 28.3 Å². The lowest BCUT2D eigenvalue weighted by Crippen LogP contribution is -2.01. The van der Waals surface area contributed by atoms with Crippen LogP contribution in [0.4, 0.5) is 0 Å². The van der Waals surface area contributed by atoms with Crippen LogP contribution in [-0.2, 0) is 10.8 Å². The highest BCUT2D eigenvalue weighted by molar-refractivity contribution is 7.99. The summed E-state index contributed by atoms with van der Waals surface area (Å²) in [6, 6.07) is 34.1. The third-order valence-corrected chi connectivity index (χ3v) is 6.80. The number of hydrogen-bond donors (Lipinski definition) is 0. The highest BCUT2D eigenvalue weighted by Crippen LogP contribution is 2.28. The summed E-state index contributed by atoms with van der Waals surface area (Å²) in [4.78, 5) is 16.5. The van der Waals surface area contributed by atoms with E-state index in [0.717, 1.165) is 14.7 Å². The number of ketones is 1. The summed E-state index contributed by atoms with van der Waals surface area (Å²) >= 11 is 1.66. The van der Waals surface area contributed by atoms with E-state index in [-0.39, 0.29) is 5.78 Å². The van der Waals surface area contributed by atoms with E-state index in [0.29, 0.717) is 16.0 Å². The van der Waals surface area contributed by atoms with Crippen LogP contribution in [0.15, 0.2) is 129 Å². The van der Waals surface area contributed by atoms with Gasteiger partial charge in [0.05, 0.1) is 10.8 Å². The van der Waals surface area contributed by atoms with E-state index < -0.39 is 10.8 Å². The van der Waals surface area contributed by atoms with Crippen molar-refractivity contribution < 1.29 is 9.00 Å². The van der Waals surface area contributed by atoms with Gasteiger partial charge in [0.25, 0.3) is 0 Å². The van der Waals surface area contributed by atoms with E-state index in [2.05, 4.69) is 12.1 Å². The molecule has 2 nitrogen and oxygen atoms in total. The Kier molecular flexibility index (Phi) is 6.03. The monoisotopic (exact) mass is 414 g/mol. The van der Waals surface area contributed by atoms with Crippen LogP contribution in [0.25, 0.3) is 0 Å². The molecule has 0 aliphatic carbocycles. The molecular weight excluding hydrogens is 396 g/mol. The lowest BCUT2D eigenvalue weighted by molar-refractivity contribution is 0.103. The predicted molar refractivity (Wildman–Crippen MR) is 118 cm³/mol. The molecule has 29 heavy (non-hydrogen) atoms. The van der Waals surface area contributed by atoms with Gasteiger partial charge in [-0.05, 0) is 72.8 Å². The molecule has 1 unspecified atom stereocenters. The van der Waals surface area contributed by atoms with Crippen molar-refractivity contribution in [3.05, 3.63) is 120 Å². The average Bonchev–Trinajstić information content (AvgIpc) is 2.80. The fraction of sp³-hybridized carbons (Fsp3) is 0. The minimum absolute atomic E-state index is 0.0432. The Morgan fingerprint density at radius 3 is 1.59 bits per heavy atom. The Balaban J connectivity index is 1.47. The minimum atomic E-state index is -1.25. The topological polar surface area (TPSA) is 34.1 Å². The highest BCUT2D eigenvalue weighted by atomic mass is 32.2. The smallest absolute Gasteiger partial charge is 0.193 e. The summed E-state index contributed by atoms with van der Waals surface area (Å²) in [5.74, 6) is -0.0432. The first-order valence-electron chi connectivity index (χ1n) is 9.15. The number of carbonyl (C=O) groups excluding carboxylic acids is 1. The molecular formula is C25H18O2S2. The van der Waals surface area contributed by atoms with Crippen molar-refractivity contribution in [2.75, 3.05) is 0 Å². The van der Waals surface area contributed by atoms with E-state index >= 15 is 0 Å². The van der Waals surface area contributed by atoms with E-state index in [1.165, 1.54) is 0 Å². The van der Waals surface area contributed by atoms with Gasteiger partial charge in [0.1, 0.15) is 0 Å². The molecule has 142 valence electrons. The molecule has 0 amide bonds. The second-order valence-corrected chi connectivity index (χ2v) is 9.00. The lowest BCUT2D eigenvalue weighted by Gasteiger charge is -2.06. The standard InChI is InChI=1S/C25H18O2S2/c26-25(19-11-15-22(16-12-19)28-21-7-3-1-4-8-21)20-13-17-24(18-14-20)29(27)23-9-5-2-6-10-23/h1-18H. The molecule has 0 N–H and O–H groups in total. The van der Waals surface area contributed by atoms with Crippen molar-refractivity contribution in [1.82, 2.24) is 0 Å². The minimum Gasteiger partial charge on any atom is -0.289 e. The molecule has 4 aromatic rings. The van der Waals surface area contributed by atoms with E-state index in [9.17, 15) is 9.00 Å². The molecule has 4 aromatic carbocycles. The van der Waals surface area contributed by atoms with Gasteiger partial charge in [-0.2, -0.15) is 0 Å². The zero-order valence-corrected chi connectivity index (χ0v) is 17.2. The van der Waals surface area contributed by atoms with Crippen molar-refractivity contribution in [1.29, 1.82) is 0 Å². The first-order chi connectivity index (χ1) is 14.2. The SMILES string of the molecule is O=C(c1ccc(Sc2ccccc2)cc1)c1ccc(S(=O)c2ccccc2)cc1. The first-order valence-corrected chi connectivity index (χ1v) is 11.1. The maximum atomic E-state index is 12.8. The number of benzene rings is 4. The van der Waals surface area contributed by atoms with E-state index in [1.54, 1.807) is 36.0 Å². The van der Waals surface area contributed by atoms with Crippen LogP contribution in [0, 0.1) is 0 Å². The van der Waals surface area contributed by atoms with Crippen molar-refractivity contribution in [2.24, 2.45) is 0 Å². The van der Waals surface area contributed by atoms with Crippen LogP contribution in [-0.4, -0.2) is 9.99 Å². The molecule has 4 heteroatoms. The van der Waals surface area contributed by atoms with Crippen LogP contribution in [0.1, 0.15) is 15.9 Å². The van der Waals surface area contributed by atoms with Crippen LogP contribution in [0.5, 0.6) is 0 Å². The normalized spacial score (nSPS) is 11.7. The molecule has 0 aliphatic rings. The molecule has 0 saturated heterocycles. The zero-order chi connectivity index (χ0) is 20.1. The van der Waals surface area contributed by atoms with Gasteiger partial charge in [0, 0.05) is 30.7 Å². The molecule has 4 rings (SSSR count). The summed E-state index contributed by atoms with van der Waals surface area (Å²) in [5, 5.41) is 0. The van der Waals surface area contributed by atoms with Gasteiger partial charge in [-0.3, -0.25) is 4.79 Å². The first kappa shape index (κ1) is 19.4. The van der Waals surface area contributed by atoms with Crippen LogP contribution in [0.2, 0.25) is 0 Å². The van der Waals surface area contributed by atoms with Gasteiger partial charge >= 0.3 is 0 Å². The molecule has 0 heterocycles. The van der Waals surface area contributed by atoms with Crippen molar-refractivity contribution in [3.63, 3.8) is 0 Å². The molecule has 0 fully saturated rings. The number of hydrogen-bond acceptors (Lipinski definition) is 3. The largest absolute Gasteiger partial charge is 0.289 e. The molecule has 1 atom stereocenters. The second kappa shape index (κ2) is 9.03. The Labute approximate surface area is 177 Å². The molecule has 0 aromatic heterocycles. The predicted octanol–water partition coefficient (Wildman–Crippen LogP) is 6.24. The maximum absolute atomic E-state index is 12.8. The van der Waals surface area contributed by atoms with E-state index in [4.69, 9.17) is 0 Å². The van der Waals surface area contributed by atoms with Gasteiger partial charge in [-0.25, -0.2) is 4.21 Å². The molecule has 0 spiro atoms. The van der Waals surface area contributed by atoms with Gasteiger partial charge < -0.3 is 0 Å². The van der Waals surface area contributed by atoms with Gasteiger partial charge in [0.15, 0.2) is 5.78 Å². The third-order valence-electron chi connectivity index (χ3n) is 4.38. The lowest BCUT2D eigenvalue weighted by atomic mass is 10.0. The number of carbonyl (C=O) groups is 1. The maximum Gasteiger partial charge on any atom is 0.193 e. The van der Waals surface area contributed by atoms with E-state index in [1.807, 2.05) is 72.8 Å². The van der Waals surface area contributed by atoms with Gasteiger partial charge in [-0.15, -0.1) is 0 Å². The molecule has 0 bridgehead atoms. The third kappa shape index (κ3) is 4.73. The highest BCUT2D eigenvalue weighted by Gasteiger charge is 2.11. The van der Waals surface area contributed by atoms with Crippen LogP contribution >= 0.6 is 11.8 Å². The molecule has 0 saturated carbocycles. The second-order valence-electron chi connectivity index (χ2n) is 6.37. The molecule has 0 radical (unpaired) electrons. The summed E-state index contributed by atoms with van der Waals surface area (Å²) in [6.07, 6.45) is 0. The fourth-order valence-electron chi connectivity index (χ4n) is 2.88. The Bertz CT molecular complexity index is 1120.